The van der Waals surface area contributed by atoms with Crippen molar-refractivity contribution in [2.75, 3.05) is 64.9 Å². The minimum Gasteiger partial charge on any atom is -0.473 e. The lowest BCUT2D eigenvalue weighted by atomic mass is 10.2. The van der Waals surface area contributed by atoms with Crippen molar-refractivity contribution in [2.45, 2.75) is 23.5 Å². The second-order valence-electron chi connectivity index (χ2n) is 8.00. The van der Waals surface area contributed by atoms with E-state index in [1.807, 2.05) is 12.1 Å². The number of ether oxygens (including phenoxy) is 2. The average Bonchev–Trinajstić information content (AvgIpc) is 3.33. The molecule has 0 amide bonds. The maximum Gasteiger partial charge on any atom is 0.414 e. The quantitative estimate of drug-likeness (QED) is 0.343. The van der Waals surface area contributed by atoms with Crippen LogP contribution in [-0.4, -0.2) is 119 Å². The van der Waals surface area contributed by atoms with E-state index in [-0.39, 0.29) is 0 Å². The molecule has 0 unspecified atom stereocenters. The first-order valence-corrected chi connectivity index (χ1v) is 14.2. The highest BCUT2D eigenvalue weighted by molar-refractivity contribution is 7.99. The topological polar surface area (TPSA) is 164 Å². The Hall–Kier alpha value is -2.56. The van der Waals surface area contributed by atoms with Crippen molar-refractivity contribution in [3.05, 3.63) is 24.3 Å². The number of nitrogens with zero attached hydrogens (tertiary/aromatic N) is 5. The molecule has 3 heterocycles. The lowest BCUT2D eigenvalue weighted by Crippen LogP contribution is -2.40. The number of hydrogen-bond donors (Lipinski definition) is 2. The molecule has 2 N–H and O–H groups in total. The van der Waals surface area contributed by atoms with Crippen molar-refractivity contribution in [2.24, 2.45) is 0 Å². The van der Waals surface area contributed by atoms with Gasteiger partial charge in [0.15, 0.2) is 11.0 Å². The van der Waals surface area contributed by atoms with E-state index in [0.29, 0.717) is 31.2 Å². The van der Waals surface area contributed by atoms with Gasteiger partial charge in [0, 0.05) is 50.6 Å². The molecule has 0 saturated carbocycles. The molecule has 2 fully saturated rings. The Morgan fingerprint density at radius 3 is 2.05 bits per heavy atom. The molecule has 0 radical (unpaired) electrons. The number of hydrogen-bond acceptors (Lipinski definition) is 10. The second kappa shape index (κ2) is 13.8. The van der Waals surface area contributed by atoms with E-state index in [0.717, 1.165) is 61.7 Å². The molecule has 2 aliphatic heterocycles. The Morgan fingerprint density at radius 1 is 0.946 bits per heavy atom. The van der Waals surface area contributed by atoms with Crippen LogP contribution in [0.3, 0.4) is 0 Å². The van der Waals surface area contributed by atoms with Crippen molar-refractivity contribution in [3.63, 3.8) is 0 Å². The molecule has 4 rings (SSSR count). The molecule has 15 heteroatoms. The monoisotopic (exact) mass is 557 g/mol. The van der Waals surface area contributed by atoms with Crippen molar-refractivity contribution in [3.8, 4) is 11.4 Å². The minimum atomic E-state index is -3.50. The van der Waals surface area contributed by atoms with Crippen molar-refractivity contribution in [1.82, 2.24) is 24.0 Å². The smallest absolute Gasteiger partial charge is 0.414 e. The maximum absolute atomic E-state index is 12.8. The lowest BCUT2D eigenvalue weighted by Gasteiger charge is -2.26. The zero-order chi connectivity index (χ0) is 26.8. The average molecular weight is 558 g/mol. The molecular weight excluding hydrogens is 526 g/mol. The van der Waals surface area contributed by atoms with Gasteiger partial charge in [0.25, 0.3) is 0 Å². The highest BCUT2D eigenvalue weighted by Crippen LogP contribution is 2.26. The molecule has 1 aromatic heterocycles. The van der Waals surface area contributed by atoms with E-state index in [1.54, 1.807) is 23.9 Å². The van der Waals surface area contributed by atoms with Crippen LogP contribution in [0.25, 0.3) is 11.4 Å². The predicted molar refractivity (Wildman–Crippen MR) is 134 cm³/mol. The van der Waals surface area contributed by atoms with Gasteiger partial charge in [-0.15, -0.1) is 10.2 Å². The second-order valence-corrected chi connectivity index (χ2v) is 11.0. The molecule has 37 heavy (non-hydrogen) atoms. The summed E-state index contributed by atoms with van der Waals surface area (Å²) in [6.07, 6.45) is 0. The van der Waals surface area contributed by atoms with Crippen molar-refractivity contribution < 1.29 is 37.7 Å². The van der Waals surface area contributed by atoms with E-state index >= 15 is 0 Å². The highest BCUT2D eigenvalue weighted by Gasteiger charge is 2.26. The minimum absolute atomic E-state index is 0.292. The Morgan fingerprint density at radius 2 is 1.51 bits per heavy atom. The Kier molecular flexibility index (Phi) is 10.8. The molecule has 13 nitrogen and oxygen atoms in total. The third-order valence-corrected chi connectivity index (χ3v) is 8.54. The fourth-order valence-electron chi connectivity index (χ4n) is 3.70. The van der Waals surface area contributed by atoms with Gasteiger partial charge in [0.2, 0.25) is 10.0 Å². The van der Waals surface area contributed by atoms with Crippen LogP contribution in [0.1, 0.15) is 6.92 Å². The largest absolute Gasteiger partial charge is 0.473 e. The predicted octanol–water partition coefficient (Wildman–Crippen LogP) is 0.566. The summed E-state index contributed by atoms with van der Waals surface area (Å²) in [6.45, 7) is 9.01. The molecule has 2 aromatic rings. The molecule has 0 bridgehead atoms. The van der Waals surface area contributed by atoms with Crippen LogP contribution in [0.2, 0.25) is 0 Å². The van der Waals surface area contributed by atoms with Gasteiger partial charge in [0.05, 0.1) is 31.3 Å². The van der Waals surface area contributed by atoms with Crippen LogP contribution in [0.4, 0.5) is 0 Å². The van der Waals surface area contributed by atoms with Crippen molar-refractivity contribution in [1.29, 1.82) is 0 Å². The summed E-state index contributed by atoms with van der Waals surface area (Å²) in [4.78, 5) is 20.9. The lowest BCUT2D eigenvalue weighted by molar-refractivity contribution is -0.159. The van der Waals surface area contributed by atoms with Crippen LogP contribution in [0.15, 0.2) is 34.3 Å². The van der Waals surface area contributed by atoms with E-state index in [9.17, 15) is 8.42 Å². The molecule has 1 aromatic carbocycles. The fourth-order valence-corrected chi connectivity index (χ4v) is 6.11. The summed E-state index contributed by atoms with van der Waals surface area (Å²) in [7, 11) is -3.50. The fraction of sp³-hybridized carbons (Fsp3) is 0.545. The third-order valence-electron chi connectivity index (χ3n) is 5.68. The van der Waals surface area contributed by atoms with Gasteiger partial charge in [-0.05, 0) is 31.2 Å². The first kappa shape index (κ1) is 29.0. The number of thioether (sulfide) groups is 1. The van der Waals surface area contributed by atoms with Gasteiger partial charge < -0.3 is 24.3 Å². The molecule has 2 saturated heterocycles. The molecule has 0 spiro atoms. The zero-order valence-electron chi connectivity index (χ0n) is 20.5. The van der Waals surface area contributed by atoms with E-state index in [4.69, 9.17) is 29.3 Å². The van der Waals surface area contributed by atoms with E-state index in [1.165, 1.54) is 4.31 Å². The van der Waals surface area contributed by atoms with Crippen LogP contribution in [0, 0.1) is 0 Å². The van der Waals surface area contributed by atoms with Gasteiger partial charge in [-0.2, -0.15) is 4.31 Å². The van der Waals surface area contributed by atoms with Crippen LogP contribution >= 0.6 is 11.8 Å². The normalized spacial score (nSPS) is 17.1. The van der Waals surface area contributed by atoms with E-state index in [2.05, 4.69) is 26.6 Å². The Bertz CT molecular complexity index is 1130. The third kappa shape index (κ3) is 7.96. The number of aromatic nitrogens is 3. The molecule has 204 valence electrons. The SMILES string of the molecule is CCn1c(SCCN2CCOCC2)nnc1-c1ccc(S(=O)(=O)N2CCOCC2)cc1.O=C(O)C(=O)O. The van der Waals surface area contributed by atoms with Gasteiger partial charge in [-0.25, -0.2) is 18.0 Å². The Labute approximate surface area is 219 Å². The summed E-state index contributed by atoms with van der Waals surface area (Å²) in [5, 5.41) is 24.4. The summed E-state index contributed by atoms with van der Waals surface area (Å²) < 4.78 is 39.9. The first-order valence-electron chi connectivity index (χ1n) is 11.7. The summed E-state index contributed by atoms with van der Waals surface area (Å²) in [5.41, 5.74) is 0.857. The van der Waals surface area contributed by atoms with Gasteiger partial charge in [0.1, 0.15) is 0 Å². The zero-order valence-corrected chi connectivity index (χ0v) is 22.1. The number of carboxylic acids is 2. The Balaban J connectivity index is 0.000000568. The van der Waals surface area contributed by atoms with Gasteiger partial charge >= 0.3 is 11.9 Å². The van der Waals surface area contributed by atoms with Crippen LogP contribution in [-0.2, 0) is 35.6 Å². The van der Waals surface area contributed by atoms with Crippen molar-refractivity contribution >= 4 is 33.7 Å². The molecule has 0 atom stereocenters. The summed E-state index contributed by atoms with van der Waals surface area (Å²) in [6, 6.07) is 6.93. The number of benzene rings is 1. The van der Waals surface area contributed by atoms with Gasteiger partial charge in [-0.1, -0.05) is 11.8 Å². The maximum atomic E-state index is 12.8. The van der Waals surface area contributed by atoms with Crippen LogP contribution in [0.5, 0.6) is 0 Å². The number of morpholine rings is 2. The highest BCUT2D eigenvalue weighted by atomic mass is 32.2. The first-order chi connectivity index (χ1) is 17.7. The number of aliphatic carboxylic acids is 2. The standard InChI is InChI=1S/C20H29N5O4S2.C2H2O4/c1-2-25-19(21-22-20(25)30-16-11-23-7-12-28-13-8-23)17-3-5-18(6-4-17)31(26,27)24-9-14-29-15-10-24;3-1(4)2(5)6/h3-6H,2,7-16H2,1H3;(H,3,4)(H,5,6). The number of carboxylic acid groups (broad SMARTS) is 2. The molecule has 0 aliphatic carbocycles. The molecule has 2 aliphatic rings. The van der Waals surface area contributed by atoms with Crippen LogP contribution < -0.4 is 0 Å². The van der Waals surface area contributed by atoms with E-state index < -0.39 is 22.0 Å². The molecular formula is C22H31N5O8S2. The number of rotatable bonds is 8. The number of carbonyl (C=O) groups is 2. The number of sulfonamides is 1. The van der Waals surface area contributed by atoms with Gasteiger partial charge in [-0.3, -0.25) is 4.90 Å². The summed E-state index contributed by atoms with van der Waals surface area (Å²) in [5.74, 6) is -1.95. The summed E-state index contributed by atoms with van der Waals surface area (Å²) >= 11 is 1.70.